The predicted molar refractivity (Wildman–Crippen MR) is 71.5 cm³/mol. The molecule has 0 atom stereocenters. The summed E-state index contributed by atoms with van der Waals surface area (Å²) in [6.45, 7) is 0.139. The lowest BCUT2D eigenvalue weighted by atomic mass is 10.1. The van der Waals surface area contributed by atoms with Gasteiger partial charge in [0.05, 0.1) is 12.5 Å². The fraction of sp³-hybridized carbons (Fsp3) is 0.133. The van der Waals surface area contributed by atoms with Gasteiger partial charge >= 0.3 is 0 Å². The highest BCUT2D eigenvalue weighted by Gasteiger charge is 2.04. The summed E-state index contributed by atoms with van der Waals surface area (Å²) in [6.07, 6.45) is 0.367. The van der Waals surface area contributed by atoms with Crippen LogP contribution < -0.4 is 4.74 Å². The molecule has 0 spiro atoms. The first-order chi connectivity index (χ1) is 9.19. The van der Waals surface area contributed by atoms with Crippen molar-refractivity contribution in [3.8, 4) is 11.8 Å². The number of rotatable bonds is 4. The summed E-state index contributed by atoms with van der Waals surface area (Å²) in [6, 6.07) is 13.7. The quantitative estimate of drug-likeness (QED) is 0.841. The van der Waals surface area contributed by atoms with Gasteiger partial charge in [-0.15, -0.1) is 0 Å². The molecule has 0 radical (unpaired) electrons. The first-order valence-electron chi connectivity index (χ1n) is 5.71. The molecule has 0 saturated carbocycles. The van der Waals surface area contributed by atoms with Crippen molar-refractivity contribution in [3.63, 3.8) is 0 Å². The van der Waals surface area contributed by atoms with Crippen molar-refractivity contribution >= 4 is 11.6 Å². The molecule has 0 N–H and O–H groups in total. The molecule has 0 saturated heterocycles. The summed E-state index contributed by atoms with van der Waals surface area (Å²) in [4.78, 5) is 0. The summed E-state index contributed by atoms with van der Waals surface area (Å²) in [5, 5.41) is 8.92. The van der Waals surface area contributed by atoms with E-state index in [1.165, 1.54) is 6.07 Å². The van der Waals surface area contributed by atoms with Crippen LogP contribution in [-0.4, -0.2) is 0 Å². The zero-order valence-electron chi connectivity index (χ0n) is 10.1. The molecule has 0 unspecified atom stereocenters. The molecule has 2 nitrogen and oxygen atoms in total. The lowest BCUT2D eigenvalue weighted by Crippen LogP contribution is -1.98. The minimum atomic E-state index is -0.381. The molecule has 0 aliphatic carbocycles. The van der Waals surface area contributed by atoms with Crippen molar-refractivity contribution in [1.29, 1.82) is 5.26 Å². The fourth-order valence-corrected chi connectivity index (χ4v) is 1.75. The van der Waals surface area contributed by atoms with Gasteiger partial charge in [-0.25, -0.2) is 4.39 Å². The lowest BCUT2D eigenvalue weighted by molar-refractivity contribution is 0.300. The number of hydrogen-bond donors (Lipinski definition) is 0. The van der Waals surface area contributed by atoms with E-state index in [1.54, 1.807) is 24.3 Å². The summed E-state index contributed by atoms with van der Waals surface area (Å²) in [5.41, 5.74) is 1.37. The van der Waals surface area contributed by atoms with E-state index < -0.39 is 0 Å². The van der Waals surface area contributed by atoms with E-state index in [2.05, 4.69) is 6.07 Å². The highest BCUT2D eigenvalue weighted by Crippen LogP contribution is 2.18. The Morgan fingerprint density at radius 1 is 1.16 bits per heavy atom. The van der Waals surface area contributed by atoms with Crippen LogP contribution in [0.15, 0.2) is 42.5 Å². The second-order valence-electron chi connectivity index (χ2n) is 4.00. The largest absolute Gasteiger partial charge is 0.489 e. The fourth-order valence-electron chi connectivity index (χ4n) is 1.59. The third-order valence-electron chi connectivity index (χ3n) is 2.62. The van der Waals surface area contributed by atoms with Crippen LogP contribution >= 0.6 is 11.6 Å². The zero-order valence-corrected chi connectivity index (χ0v) is 10.8. The van der Waals surface area contributed by atoms with Gasteiger partial charge in [0.15, 0.2) is 0 Å². The molecule has 2 aromatic carbocycles. The Morgan fingerprint density at radius 2 is 1.89 bits per heavy atom. The average molecular weight is 276 g/mol. The van der Waals surface area contributed by atoms with Crippen LogP contribution in [0.2, 0.25) is 5.02 Å². The Morgan fingerprint density at radius 3 is 2.53 bits per heavy atom. The van der Waals surface area contributed by atoms with E-state index in [4.69, 9.17) is 21.6 Å². The number of ether oxygens (including phenoxy) is 1. The third kappa shape index (κ3) is 3.70. The van der Waals surface area contributed by atoms with Gasteiger partial charge in [0.2, 0.25) is 0 Å². The number of nitriles is 1. The van der Waals surface area contributed by atoms with Gasteiger partial charge in [-0.05, 0) is 29.8 Å². The Balaban J connectivity index is 2.00. The molecular weight excluding hydrogens is 265 g/mol. The number of nitrogens with zero attached hydrogens (tertiary/aromatic N) is 1. The molecule has 4 heteroatoms. The zero-order chi connectivity index (χ0) is 13.7. The van der Waals surface area contributed by atoms with E-state index >= 15 is 0 Å². The van der Waals surface area contributed by atoms with Crippen molar-refractivity contribution in [2.45, 2.75) is 13.0 Å². The van der Waals surface area contributed by atoms with Crippen LogP contribution in [0.4, 0.5) is 4.39 Å². The highest BCUT2D eigenvalue weighted by molar-refractivity contribution is 6.30. The molecule has 19 heavy (non-hydrogen) atoms. The Kier molecular flexibility index (Phi) is 4.38. The van der Waals surface area contributed by atoms with Gasteiger partial charge in [0.1, 0.15) is 18.2 Å². The van der Waals surface area contributed by atoms with Crippen molar-refractivity contribution in [1.82, 2.24) is 0 Å². The van der Waals surface area contributed by atoms with Gasteiger partial charge in [-0.2, -0.15) is 5.26 Å². The van der Waals surface area contributed by atoms with E-state index in [-0.39, 0.29) is 12.4 Å². The Hall–Kier alpha value is -2.05. The standard InChI is InChI=1S/C15H11ClFNO/c16-13-4-3-12(15(17)9-13)10-19-14-5-1-11(2-6-14)7-8-18/h1-6,9H,7,10H2. The maximum Gasteiger partial charge on any atom is 0.131 e. The van der Waals surface area contributed by atoms with Crippen LogP contribution in [0.5, 0.6) is 5.75 Å². The summed E-state index contributed by atoms with van der Waals surface area (Å²) >= 11 is 5.67. The molecule has 2 rings (SSSR count). The van der Waals surface area contributed by atoms with Gasteiger partial charge in [-0.1, -0.05) is 29.8 Å². The monoisotopic (exact) mass is 275 g/mol. The maximum absolute atomic E-state index is 13.5. The molecular formula is C15H11ClFNO. The molecule has 2 aromatic rings. The van der Waals surface area contributed by atoms with Crippen LogP contribution in [0.1, 0.15) is 11.1 Å². The minimum absolute atomic E-state index is 0.139. The third-order valence-corrected chi connectivity index (χ3v) is 2.85. The van der Waals surface area contributed by atoms with Crippen molar-refractivity contribution < 1.29 is 9.13 Å². The molecule has 0 fully saturated rings. The van der Waals surface area contributed by atoms with E-state index in [9.17, 15) is 4.39 Å². The van der Waals surface area contributed by atoms with Crippen molar-refractivity contribution in [2.24, 2.45) is 0 Å². The molecule has 0 heterocycles. The second-order valence-corrected chi connectivity index (χ2v) is 4.44. The molecule has 0 amide bonds. The van der Waals surface area contributed by atoms with Gasteiger partial charge < -0.3 is 4.74 Å². The van der Waals surface area contributed by atoms with Crippen molar-refractivity contribution in [3.05, 3.63) is 64.4 Å². The number of hydrogen-bond acceptors (Lipinski definition) is 2. The number of benzene rings is 2. The van der Waals surface area contributed by atoms with Gasteiger partial charge in [-0.3, -0.25) is 0 Å². The first-order valence-corrected chi connectivity index (χ1v) is 6.09. The molecule has 0 aromatic heterocycles. The Bertz CT molecular complexity index is 605. The molecule has 0 bridgehead atoms. The normalized spacial score (nSPS) is 9.95. The van der Waals surface area contributed by atoms with E-state index in [0.29, 0.717) is 22.8 Å². The first kappa shape index (κ1) is 13.4. The topological polar surface area (TPSA) is 33.0 Å². The summed E-state index contributed by atoms with van der Waals surface area (Å²) < 4.78 is 19.0. The second kappa shape index (κ2) is 6.21. The van der Waals surface area contributed by atoms with Crippen LogP contribution in [0.3, 0.4) is 0 Å². The van der Waals surface area contributed by atoms with E-state index in [1.807, 2.05) is 12.1 Å². The average Bonchev–Trinajstić information content (AvgIpc) is 2.40. The van der Waals surface area contributed by atoms with Gasteiger partial charge in [0.25, 0.3) is 0 Å². The van der Waals surface area contributed by atoms with Gasteiger partial charge in [0, 0.05) is 10.6 Å². The highest BCUT2D eigenvalue weighted by atomic mass is 35.5. The summed E-state index contributed by atoms with van der Waals surface area (Å²) in [7, 11) is 0. The van der Waals surface area contributed by atoms with Crippen LogP contribution in [0.25, 0.3) is 0 Å². The molecule has 0 aliphatic heterocycles. The van der Waals surface area contributed by atoms with E-state index in [0.717, 1.165) is 5.56 Å². The van der Waals surface area contributed by atoms with Crippen LogP contribution in [-0.2, 0) is 13.0 Å². The minimum Gasteiger partial charge on any atom is -0.489 e. The smallest absolute Gasteiger partial charge is 0.131 e. The maximum atomic E-state index is 13.5. The number of halogens is 2. The SMILES string of the molecule is N#CCc1ccc(OCc2ccc(Cl)cc2F)cc1. The summed E-state index contributed by atoms with van der Waals surface area (Å²) in [5.74, 6) is 0.254. The molecule has 0 aliphatic rings. The molecule has 96 valence electrons. The Labute approximate surface area is 116 Å². The predicted octanol–water partition coefficient (Wildman–Crippen LogP) is 4.12. The van der Waals surface area contributed by atoms with Crippen molar-refractivity contribution in [2.75, 3.05) is 0 Å². The van der Waals surface area contributed by atoms with Crippen LogP contribution in [0, 0.1) is 17.1 Å². The lowest BCUT2D eigenvalue weighted by Gasteiger charge is -2.07.